The molecule has 2 rings (SSSR count). The number of nitrogens with one attached hydrogen (secondary N) is 2. The van der Waals surface area contributed by atoms with Gasteiger partial charge in [0.05, 0.1) is 32.3 Å². The first kappa shape index (κ1) is 27.5. The Hall–Kier alpha value is -1.78. The molecule has 0 saturated heterocycles. The van der Waals surface area contributed by atoms with Gasteiger partial charge in [0.15, 0.2) is 0 Å². The van der Waals surface area contributed by atoms with Crippen molar-refractivity contribution < 1.29 is 28.3 Å². The number of hydrogen-bond donors (Lipinski definition) is 2. The van der Waals surface area contributed by atoms with Gasteiger partial charge in [-0.3, -0.25) is 4.48 Å². The summed E-state index contributed by atoms with van der Waals surface area (Å²) in [5, 5.41) is 2.53. The monoisotopic (exact) mass is 485 g/mol. The summed E-state index contributed by atoms with van der Waals surface area (Å²) in [6.07, 6.45) is 7.09. The minimum absolute atomic E-state index is 0.0533. The molecule has 0 aromatic heterocycles. The number of nitrogens with zero attached hydrogens (tertiary/aromatic N) is 2. The Morgan fingerprint density at radius 2 is 2.09 bits per heavy atom. The summed E-state index contributed by atoms with van der Waals surface area (Å²) in [6.45, 7) is 11.6. The Balaban J connectivity index is 1.83. The molecular weight excluding hydrogens is 444 g/mol. The van der Waals surface area contributed by atoms with E-state index in [2.05, 4.69) is 34.5 Å². The van der Waals surface area contributed by atoms with Gasteiger partial charge >= 0.3 is 12.1 Å². The van der Waals surface area contributed by atoms with E-state index in [1.807, 2.05) is 0 Å². The third-order valence-corrected chi connectivity index (χ3v) is 6.03. The lowest BCUT2D eigenvalue weighted by molar-refractivity contribution is -0.922. The molecule has 0 bridgehead atoms. The van der Waals surface area contributed by atoms with Crippen molar-refractivity contribution in [2.75, 3.05) is 33.5 Å². The van der Waals surface area contributed by atoms with Gasteiger partial charge in [0.1, 0.15) is 24.2 Å². The fourth-order valence-electron chi connectivity index (χ4n) is 3.63. The van der Waals surface area contributed by atoms with E-state index >= 15 is 0 Å². The number of quaternary nitrogens is 1. The second-order valence-corrected chi connectivity index (χ2v) is 10.6. The predicted molar refractivity (Wildman–Crippen MR) is 130 cm³/mol. The Kier molecular flexibility index (Phi) is 10.5. The normalized spacial score (nSPS) is 23.9. The van der Waals surface area contributed by atoms with Crippen LogP contribution >= 0.6 is 12.1 Å². The van der Waals surface area contributed by atoms with E-state index in [0.717, 1.165) is 31.8 Å². The highest BCUT2D eigenvalue weighted by molar-refractivity contribution is 7.96. The first-order chi connectivity index (χ1) is 15.5. The molecular formula is C23H41N4O5S+. The van der Waals surface area contributed by atoms with E-state index in [1.54, 1.807) is 27.7 Å². The molecule has 2 aliphatic heterocycles. The molecule has 2 aliphatic rings. The summed E-state index contributed by atoms with van der Waals surface area (Å²) in [6, 6.07) is -0.846. The minimum Gasteiger partial charge on any atom is -0.479 e. The Labute approximate surface area is 202 Å². The van der Waals surface area contributed by atoms with Crippen molar-refractivity contribution in [2.24, 2.45) is 4.40 Å². The highest BCUT2D eigenvalue weighted by atomic mass is 32.2. The molecule has 2 heterocycles. The first-order valence-corrected chi connectivity index (χ1v) is 12.6. The zero-order chi connectivity index (χ0) is 24.5. The van der Waals surface area contributed by atoms with Crippen molar-refractivity contribution in [3.05, 3.63) is 11.6 Å². The number of carbonyl (C=O) groups is 2. The summed E-state index contributed by atoms with van der Waals surface area (Å²) < 4.78 is 25.0. The van der Waals surface area contributed by atoms with E-state index in [0.29, 0.717) is 11.1 Å². The van der Waals surface area contributed by atoms with Gasteiger partial charge < -0.3 is 19.5 Å². The van der Waals surface area contributed by atoms with Gasteiger partial charge in [-0.05, 0) is 34.1 Å². The highest BCUT2D eigenvalue weighted by Gasteiger charge is 2.36. The molecule has 10 heteroatoms. The fourth-order valence-corrected chi connectivity index (χ4v) is 4.29. The summed E-state index contributed by atoms with van der Waals surface area (Å²) >= 11 is 1.31. The molecule has 2 unspecified atom stereocenters. The molecule has 0 aliphatic carbocycles. The largest absolute Gasteiger partial charge is 0.479 e. The molecule has 188 valence electrons. The standard InChI is InChI=1S/C23H40N4O5S/c1-7-8-9-10-14-30-20-19(25-33-26-20)18-12-11-13-27(6,15-18)16-31-21(28)17(2)24-22(29)32-23(3,4)5/h12,17,19,25H,7-11,13-16H2,1-6H3/p+1/t17-,19?,27?/m0/s1. The molecule has 0 aromatic rings. The van der Waals surface area contributed by atoms with Gasteiger partial charge in [-0.25, -0.2) is 14.3 Å². The summed E-state index contributed by atoms with van der Waals surface area (Å²) in [7, 11) is 2.07. The third kappa shape index (κ3) is 9.54. The van der Waals surface area contributed by atoms with E-state index in [1.165, 1.54) is 37.0 Å². The number of esters is 1. The van der Waals surface area contributed by atoms with Gasteiger partial charge in [-0.15, -0.1) is 0 Å². The lowest BCUT2D eigenvalue weighted by atomic mass is 10.0. The Morgan fingerprint density at radius 1 is 1.33 bits per heavy atom. The van der Waals surface area contributed by atoms with E-state index in [4.69, 9.17) is 14.2 Å². The number of unbranched alkanes of at least 4 members (excludes halogenated alkanes) is 3. The number of alkyl carbamates (subject to hydrolysis) is 1. The van der Waals surface area contributed by atoms with Gasteiger partial charge in [0.25, 0.3) is 0 Å². The molecule has 0 spiro atoms. The lowest BCUT2D eigenvalue weighted by Gasteiger charge is -2.38. The van der Waals surface area contributed by atoms with Crippen LogP contribution in [-0.4, -0.2) is 73.6 Å². The molecule has 9 nitrogen and oxygen atoms in total. The summed E-state index contributed by atoms with van der Waals surface area (Å²) in [5.74, 6) is 0.242. The topological polar surface area (TPSA) is 98.2 Å². The van der Waals surface area contributed by atoms with Crippen molar-refractivity contribution in [1.29, 1.82) is 0 Å². The molecule has 3 atom stereocenters. The number of carbonyl (C=O) groups excluding carboxylic acids is 2. The maximum absolute atomic E-state index is 12.4. The number of amides is 1. The Morgan fingerprint density at radius 3 is 2.79 bits per heavy atom. The maximum Gasteiger partial charge on any atom is 0.408 e. The molecule has 0 saturated carbocycles. The average Bonchev–Trinajstić information content (AvgIpc) is 3.19. The second-order valence-electron chi connectivity index (χ2n) is 10.0. The van der Waals surface area contributed by atoms with Crippen LogP contribution in [0.15, 0.2) is 16.0 Å². The van der Waals surface area contributed by atoms with Crippen molar-refractivity contribution in [3.8, 4) is 0 Å². The van der Waals surface area contributed by atoms with Gasteiger partial charge in [0, 0.05) is 12.0 Å². The van der Waals surface area contributed by atoms with Crippen molar-refractivity contribution in [2.45, 2.75) is 84.4 Å². The lowest BCUT2D eigenvalue weighted by Crippen LogP contribution is -2.53. The summed E-state index contributed by atoms with van der Waals surface area (Å²) in [5.41, 5.74) is 0.564. The average molecular weight is 486 g/mol. The van der Waals surface area contributed by atoms with Crippen LogP contribution in [0.25, 0.3) is 0 Å². The first-order valence-electron chi connectivity index (χ1n) is 11.8. The van der Waals surface area contributed by atoms with Gasteiger partial charge in [-0.2, -0.15) is 4.40 Å². The van der Waals surface area contributed by atoms with E-state index in [9.17, 15) is 9.59 Å². The van der Waals surface area contributed by atoms with Crippen LogP contribution in [0, 0.1) is 0 Å². The van der Waals surface area contributed by atoms with Crippen LogP contribution in [0.4, 0.5) is 4.79 Å². The number of hydrogen-bond acceptors (Lipinski definition) is 8. The molecule has 0 radical (unpaired) electrons. The number of ether oxygens (including phenoxy) is 3. The SMILES string of the molecule is CCCCCCOC1=NSNC1C1=CCC[N+](C)(COC(=O)[C@H](C)NC(=O)OC(C)(C)C)C1. The van der Waals surface area contributed by atoms with Crippen molar-refractivity contribution in [3.63, 3.8) is 0 Å². The third-order valence-electron chi connectivity index (χ3n) is 5.42. The fraction of sp³-hybridized carbons (Fsp3) is 0.783. The highest BCUT2D eigenvalue weighted by Crippen LogP contribution is 2.25. The summed E-state index contributed by atoms with van der Waals surface area (Å²) in [4.78, 5) is 24.3. The number of likely N-dealkylation sites (N-methyl/N-ethyl adjacent to an activating group) is 1. The Bertz CT molecular complexity index is 737. The number of rotatable bonds is 10. The van der Waals surface area contributed by atoms with E-state index < -0.39 is 23.7 Å². The second kappa shape index (κ2) is 12.6. The van der Waals surface area contributed by atoms with E-state index in [-0.39, 0.29) is 12.8 Å². The molecule has 0 aromatic carbocycles. The molecule has 2 N–H and O–H groups in total. The molecule has 1 amide bonds. The van der Waals surface area contributed by atoms with Crippen LogP contribution in [0.3, 0.4) is 0 Å². The molecule has 0 fully saturated rings. The molecule has 33 heavy (non-hydrogen) atoms. The smallest absolute Gasteiger partial charge is 0.408 e. The quantitative estimate of drug-likeness (QED) is 0.160. The van der Waals surface area contributed by atoms with Gasteiger partial charge in [0.2, 0.25) is 12.6 Å². The minimum atomic E-state index is -0.793. The van der Waals surface area contributed by atoms with Crippen LogP contribution in [0.2, 0.25) is 0 Å². The van der Waals surface area contributed by atoms with Crippen LogP contribution < -0.4 is 10.0 Å². The van der Waals surface area contributed by atoms with Crippen LogP contribution in [0.5, 0.6) is 0 Å². The predicted octanol–water partition coefficient (Wildman–Crippen LogP) is 3.71. The zero-order valence-electron chi connectivity index (χ0n) is 20.9. The van der Waals surface area contributed by atoms with Crippen molar-refractivity contribution in [1.82, 2.24) is 10.0 Å². The maximum atomic E-state index is 12.4. The van der Waals surface area contributed by atoms with Crippen LogP contribution in [-0.2, 0) is 19.0 Å². The van der Waals surface area contributed by atoms with Crippen molar-refractivity contribution >= 4 is 30.1 Å². The zero-order valence-corrected chi connectivity index (χ0v) is 21.8. The van der Waals surface area contributed by atoms with Gasteiger partial charge in [-0.1, -0.05) is 32.3 Å². The van der Waals surface area contributed by atoms with Crippen LogP contribution in [0.1, 0.15) is 66.7 Å².